The molecule has 0 spiro atoms. The number of nitrogens with one attached hydrogen (secondary N) is 1. The van der Waals surface area contributed by atoms with Gasteiger partial charge in [-0.1, -0.05) is 319 Å². The van der Waals surface area contributed by atoms with E-state index in [1.54, 1.807) is 6.08 Å². The summed E-state index contributed by atoms with van der Waals surface area (Å²) in [5, 5.41) is 54.6. The maximum atomic E-state index is 13.1. The first-order chi connectivity index (χ1) is 38.8. The van der Waals surface area contributed by atoms with Crippen molar-refractivity contribution in [1.82, 2.24) is 5.32 Å². The van der Waals surface area contributed by atoms with E-state index >= 15 is 0 Å². The first-order valence-electron chi connectivity index (χ1n) is 34.0. The van der Waals surface area contributed by atoms with Crippen molar-refractivity contribution in [3.8, 4) is 0 Å². The molecule has 1 amide bonds. The van der Waals surface area contributed by atoms with Gasteiger partial charge in [0.25, 0.3) is 0 Å². The zero-order valence-corrected chi connectivity index (χ0v) is 51.6. The summed E-state index contributed by atoms with van der Waals surface area (Å²) in [5.41, 5.74) is 0. The molecular formula is C70H129NO8. The van der Waals surface area contributed by atoms with E-state index in [0.29, 0.717) is 6.42 Å². The van der Waals surface area contributed by atoms with Gasteiger partial charge in [-0.2, -0.15) is 0 Å². The molecule has 1 aliphatic rings. The third kappa shape index (κ3) is 48.0. The molecule has 7 unspecified atom stereocenters. The average molecular weight is 1110 g/mol. The zero-order chi connectivity index (χ0) is 57.2. The molecule has 0 radical (unpaired) electrons. The summed E-state index contributed by atoms with van der Waals surface area (Å²) in [6.07, 6.45) is 74.7. The molecule has 462 valence electrons. The molecule has 9 heteroatoms. The Morgan fingerprint density at radius 2 is 0.785 bits per heavy atom. The Labute approximate surface area is 487 Å². The van der Waals surface area contributed by atoms with Gasteiger partial charge in [0.05, 0.1) is 25.4 Å². The van der Waals surface area contributed by atoms with Crippen molar-refractivity contribution in [3.63, 3.8) is 0 Å². The van der Waals surface area contributed by atoms with Crippen molar-refractivity contribution < 1.29 is 39.8 Å². The number of hydrogen-bond acceptors (Lipinski definition) is 8. The number of ether oxygens (including phenoxy) is 2. The topological polar surface area (TPSA) is 149 Å². The molecule has 0 aromatic rings. The number of amides is 1. The van der Waals surface area contributed by atoms with Crippen LogP contribution < -0.4 is 5.32 Å². The minimum absolute atomic E-state index is 0.171. The summed E-state index contributed by atoms with van der Waals surface area (Å²) < 4.78 is 11.3. The third-order valence-electron chi connectivity index (χ3n) is 16.1. The fraction of sp³-hybridized carbons (Fsp3) is 0.843. The van der Waals surface area contributed by atoms with Gasteiger partial charge in [-0.3, -0.25) is 4.79 Å². The molecule has 0 saturated carbocycles. The second-order valence-corrected chi connectivity index (χ2v) is 23.6. The van der Waals surface area contributed by atoms with Gasteiger partial charge in [-0.05, 0) is 57.8 Å². The van der Waals surface area contributed by atoms with Crippen LogP contribution in [0.5, 0.6) is 0 Å². The van der Waals surface area contributed by atoms with Crippen molar-refractivity contribution in [2.45, 2.75) is 365 Å². The van der Waals surface area contributed by atoms with Gasteiger partial charge in [0.15, 0.2) is 6.29 Å². The van der Waals surface area contributed by atoms with Gasteiger partial charge in [0, 0.05) is 6.42 Å². The minimum Gasteiger partial charge on any atom is -0.394 e. The van der Waals surface area contributed by atoms with E-state index in [0.717, 1.165) is 64.2 Å². The first-order valence-corrected chi connectivity index (χ1v) is 34.0. The Kier molecular flexibility index (Phi) is 56.0. The molecule has 1 rings (SSSR count). The lowest BCUT2D eigenvalue weighted by molar-refractivity contribution is -0.302. The zero-order valence-electron chi connectivity index (χ0n) is 51.6. The molecule has 7 atom stereocenters. The van der Waals surface area contributed by atoms with Crippen molar-refractivity contribution in [3.05, 3.63) is 60.8 Å². The van der Waals surface area contributed by atoms with Crippen LogP contribution in [0.2, 0.25) is 0 Å². The first kappa shape index (κ1) is 74.9. The highest BCUT2D eigenvalue weighted by molar-refractivity contribution is 5.76. The number of carbonyl (C=O) groups excluding carboxylic acids is 1. The fourth-order valence-electron chi connectivity index (χ4n) is 10.8. The summed E-state index contributed by atoms with van der Waals surface area (Å²) >= 11 is 0. The number of unbranched alkanes of at least 4 members (excludes halogenated alkanes) is 41. The van der Waals surface area contributed by atoms with Gasteiger partial charge in [-0.25, -0.2) is 0 Å². The van der Waals surface area contributed by atoms with Crippen LogP contribution in [-0.4, -0.2) is 87.5 Å². The lowest BCUT2D eigenvalue weighted by atomic mass is 9.99. The fourth-order valence-corrected chi connectivity index (χ4v) is 10.8. The predicted octanol–water partition coefficient (Wildman–Crippen LogP) is 18.2. The van der Waals surface area contributed by atoms with Crippen LogP contribution in [0.1, 0.15) is 322 Å². The minimum atomic E-state index is -1.57. The summed E-state index contributed by atoms with van der Waals surface area (Å²) in [4.78, 5) is 13.1. The Morgan fingerprint density at radius 3 is 1.16 bits per heavy atom. The van der Waals surface area contributed by atoms with Gasteiger partial charge >= 0.3 is 0 Å². The van der Waals surface area contributed by atoms with Crippen LogP contribution in [0.3, 0.4) is 0 Å². The number of allylic oxidation sites excluding steroid dienone is 9. The number of rotatable bonds is 59. The van der Waals surface area contributed by atoms with Crippen LogP contribution in [0.4, 0.5) is 0 Å². The van der Waals surface area contributed by atoms with Crippen molar-refractivity contribution in [2.24, 2.45) is 0 Å². The predicted molar refractivity (Wildman–Crippen MR) is 336 cm³/mol. The number of aliphatic hydroxyl groups excluding tert-OH is 5. The van der Waals surface area contributed by atoms with Crippen LogP contribution in [-0.2, 0) is 14.3 Å². The lowest BCUT2D eigenvalue weighted by Gasteiger charge is -2.40. The normalized spacial score (nSPS) is 18.9. The number of aliphatic hydroxyl groups is 5. The maximum absolute atomic E-state index is 13.1. The summed E-state index contributed by atoms with van der Waals surface area (Å²) in [7, 11) is 0. The second kappa shape index (κ2) is 59.1. The smallest absolute Gasteiger partial charge is 0.220 e. The van der Waals surface area contributed by atoms with Gasteiger partial charge in [0.1, 0.15) is 24.4 Å². The molecule has 1 saturated heterocycles. The van der Waals surface area contributed by atoms with Crippen LogP contribution in [0.25, 0.3) is 0 Å². The Balaban J connectivity index is 2.05. The monoisotopic (exact) mass is 1110 g/mol. The standard InChI is InChI=1S/C70H129NO8/c1-3-5-7-9-11-13-15-17-19-21-22-23-24-25-26-27-28-29-30-31-32-33-34-35-36-37-38-39-40-41-42-44-46-48-50-52-54-56-58-60-66(74)71-63(62-78-70-69(77)68(76)67(75)65(61-72)79-70)64(73)59-57-55-53-51-49-47-45-43-20-18-16-14-12-10-8-6-4-2/h5,7,11,13,17,19,22-23,57,59,63-65,67-70,72-73,75-77H,3-4,6,8-10,12,14-16,18,20-21,24-56,58,60-62H2,1-2H3,(H,71,74)/b7-5-,13-11-,19-17-,23-22-,59-57+. The third-order valence-corrected chi connectivity index (χ3v) is 16.1. The molecule has 1 aliphatic heterocycles. The molecular weight excluding hydrogens is 983 g/mol. The molecule has 9 nitrogen and oxygen atoms in total. The highest BCUT2D eigenvalue weighted by Crippen LogP contribution is 2.23. The molecule has 79 heavy (non-hydrogen) atoms. The van der Waals surface area contributed by atoms with Crippen LogP contribution in [0, 0.1) is 0 Å². The van der Waals surface area contributed by atoms with Crippen molar-refractivity contribution in [1.29, 1.82) is 0 Å². The number of hydrogen-bond donors (Lipinski definition) is 6. The molecule has 0 bridgehead atoms. The van der Waals surface area contributed by atoms with Crippen LogP contribution >= 0.6 is 0 Å². The van der Waals surface area contributed by atoms with Gasteiger partial charge < -0.3 is 40.3 Å². The Bertz CT molecular complexity index is 1430. The second-order valence-electron chi connectivity index (χ2n) is 23.6. The van der Waals surface area contributed by atoms with Crippen LogP contribution in [0.15, 0.2) is 60.8 Å². The highest BCUT2D eigenvalue weighted by Gasteiger charge is 2.44. The maximum Gasteiger partial charge on any atom is 0.220 e. The Hall–Kier alpha value is -2.11. The SMILES string of the molecule is CC/C=C\C/C=C\C/C=C\C/C=C\CCCCCCCCCCCCCCCCCCCCCCCCCCCCC(=O)NC(COC1OC(CO)C(O)C(O)C1O)C(O)/C=C/CCCCCCCCCCCCCCCCC. The average Bonchev–Trinajstić information content (AvgIpc) is 3.48. The summed E-state index contributed by atoms with van der Waals surface area (Å²) in [5.74, 6) is -0.171. The van der Waals surface area contributed by atoms with E-state index in [9.17, 15) is 30.3 Å². The van der Waals surface area contributed by atoms with Gasteiger partial charge in [0.2, 0.25) is 5.91 Å². The quantitative estimate of drug-likeness (QED) is 0.0261. The van der Waals surface area contributed by atoms with E-state index < -0.39 is 49.5 Å². The summed E-state index contributed by atoms with van der Waals surface area (Å²) in [6.45, 7) is 3.70. The molecule has 0 aromatic heterocycles. The van der Waals surface area contributed by atoms with Crippen molar-refractivity contribution >= 4 is 5.91 Å². The lowest BCUT2D eigenvalue weighted by Crippen LogP contribution is -2.60. The molecule has 6 N–H and O–H groups in total. The number of carbonyl (C=O) groups is 1. The van der Waals surface area contributed by atoms with E-state index in [2.05, 4.69) is 67.8 Å². The van der Waals surface area contributed by atoms with Crippen molar-refractivity contribution in [2.75, 3.05) is 13.2 Å². The Morgan fingerprint density at radius 1 is 0.443 bits per heavy atom. The molecule has 0 aromatic carbocycles. The highest BCUT2D eigenvalue weighted by atomic mass is 16.7. The molecule has 0 aliphatic carbocycles. The molecule has 1 heterocycles. The van der Waals surface area contributed by atoms with E-state index in [4.69, 9.17) is 9.47 Å². The van der Waals surface area contributed by atoms with E-state index in [1.807, 2.05) is 6.08 Å². The summed E-state index contributed by atoms with van der Waals surface area (Å²) in [6, 6.07) is -0.804. The van der Waals surface area contributed by atoms with E-state index in [-0.39, 0.29) is 12.5 Å². The van der Waals surface area contributed by atoms with E-state index in [1.165, 1.54) is 238 Å². The molecule has 1 fully saturated rings. The largest absolute Gasteiger partial charge is 0.394 e. The van der Waals surface area contributed by atoms with Gasteiger partial charge in [-0.15, -0.1) is 0 Å².